The van der Waals surface area contributed by atoms with E-state index in [0.717, 1.165) is 11.5 Å². The molecule has 0 unspecified atom stereocenters. The largest absolute Gasteiger partial charge is 0.394 e. The summed E-state index contributed by atoms with van der Waals surface area (Å²) in [6.07, 6.45) is 0. The first-order valence-corrected chi connectivity index (χ1v) is 5.86. The Morgan fingerprint density at radius 3 is 2.67 bits per heavy atom. The summed E-state index contributed by atoms with van der Waals surface area (Å²) < 4.78 is 6.77. The van der Waals surface area contributed by atoms with Crippen LogP contribution >= 0.6 is 0 Å². The van der Waals surface area contributed by atoms with Gasteiger partial charge >= 0.3 is 0 Å². The number of anilines is 2. The second-order valence-electron chi connectivity index (χ2n) is 4.47. The van der Waals surface area contributed by atoms with Crippen LogP contribution in [-0.4, -0.2) is 19.9 Å². The molecular formula is C11H18N6O. The third-order valence-corrected chi connectivity index (χ3v) is 2.60. The predicted molar refractivity (Wildman–Crippen MR) is 68.1 cm³/mol. The van der Waals surface area contributed by atoms with E-state index in [-0.39, 0.29) is 6.04 Å². The summed E-state index contributed by atoms with van der Waals surface area (Å²) in [5, 5.41) is 11.4. The van der Waals surface area contributed by atoms with Gasteiger partial charge < -0.3 is 15.6 Å². The van der Waals surface area contributed by atoms with Crippen LogP contribution in [0.3, 0.4) is 0 Å². The maximum absolute atomic E-state index is 6.00. The Balaban J connectivity index is 2.18. The van der Waals surface area contributed by atoms with Gasteiger partial charge in [0.05, 0.1) is 17.9 Å². The molecule has 2 aromatic rings. The summed E-state index contributed by atoms with van der Waals surface area (Å²) in [6, 6.07) is 0.232. The van der Waals surface area contributed by atoms with Gasteiger partial charge in [0.2, 0.25) is 5.89 Å². The lowest BCUT2D eigenvalue weighted by atomic mass is 10.3. The molecule has 2 rings (SSSR count). The molecule has 0 spiro atoms. The molecular weight excluding hydrogens is 232 g/mol. The third-order valence-electron chi connectivity index (χ3n) is 2.60. The van der Waals surface area contributed by atoms with Crippen molar-refractivity contribution in [3.05, 3.63) is 17.4 Å². The second kappa shape index (κ2) is 4.67. The van der Waals surface area contributed by atoms with Crippen molar-refractivity contribution in [2.24, 2.45) is 0 Å². The van der Waals surface area contributed by atoms with E-state index in [2.05, 4.69) is 34.4 Å². The summed E-state index contributed by atoms with van der Waals surface area (Å²) in [5.74, 6) is 1.94. The summed E-state index contributed by atoms with van der Waals surface area (Å²) in [4.78, 5) is 4.13. The number of nitrogens with zero attached hydrogens (tertiary/aromatic N) is 4. The summed E-state index contributed by atoms with van der Waals surface area (Å²) >= 11 is 0. The van der Waals surface area contributed by atoms with Crippen molar-refractivity contribution in [3.63, 3.8) is 0 Å². The van der Waals surface area contributed by atoms with Gasteiger partial charge in [0.25, 0.3) is 0 Å². The van der Waals surface area contributed by atoms with Gasteiger partial charge in [-0.05, 0) is 20.8 Å². The van der Waals surface area contributed by atoms with Crippen molar-refractivity contribution < 1.29 is 4.52 Å². The van der Waals surface area contributed by atoms with Gasteiger partial charge in [-0.25, -0.2) is 4.68 Å². The van der Waals surface area contributed by atoms with Crippen molar-refractivity contribution in [3.8, 4) is 0 Å². The molecule has 0 saturated carbocycles. The van der Waals surface area contributed by atoms with E-state index in [0.29, 0.717) is 23.9 Å². The Kier molecular flexibility index (Phi) is 3.22. The number of hydrogen-bond donors (Lipinski definition) is 2. The summed E-state index contributed by atoms with van der Waals surface area (Å²) in [5.41, 5.74) is 7.47. The first-order valence-electron chi connectivity index (χ1n) is 5.86. The smallest absolute Gasteiger partial charge is 0.223 e. The van der Waals surface area contributed by atoms with Gasteiger partial charge in [-0.2, -0.15) is 10.1 Å². The Bertz CT molecular complexity index is 542. The average molecular weight is 250 g/mol. The number of aromatic nitrogens is 4. The molecule has 2 heterocycles. The molecule has 0 aliphatic heterocycles. The van der Waals surface area contributed by atoms with Crippen LogP contribution in [0.1, 0.15) is 37.3 Å². The highest BCUT2D eigenvalue weighted by atomic mass is 16.5. The summed E-state index contributed by atoms with van der Waals surface area (Å²) in [7, 11) is 0. The highest BCUT2D eigenvalue weighted by Crippen LogP contribution is 2.25. The lowest BCUT2D eigenvalue weighted by molar-refractivity contribution is 0.388. The summed E-state index contributed by atoms with van der Waals surface area (Å²) in [6.45, 7) is 8.20. The molecule has 0 saturated heterocycles. The van der Waals surface area contributed by atoms with Crippen LogP contribution in [0.25, 0.3) is 0 Å². The van der Waals surface area contributed by atoms with E-state index in [9.17, 15) is 0 Å². The normalized spacial score (nSPS) is 11.2. The zero-order chi connectivity index (χ0) is 13.3. The molecule has 0 bridgehead atoms. The van der Waals surface area contributed by atoms with Crippen LogP contribution in [0.4, 0.5) is 11.5 Å². The molecule has 7 nitrogen and oxygen atoms in total. The second-order valence-corrected chi connectivity index (χ2v) is 4.47. The monoisotopic (exact) mass is 250 g/mol. The Morgan fingerprint density at radius 1 is 1.39 bits per heavy atom. The van der Waals surface area contributed by atoms with Crippen molar-refractivity contribution >= 4 is 11.5 Å². The molecule has 18 heavy (non-hydrogen) atoms. The predicted octanol–water partition coefficient (Wildman–Crippen LogP) is 1.66. The number of hydrogen-bond acceptors (Lipinski definition) is 6. The zero-order valence-corrected chi connectivity index (χ0v) is 11.1. The van der Waals surface area contributed by atoms with Gasteiger partial charge in [0, 0.05) is 13.0 Å². The van der Waals surface area contributed by atoms with Crippen molar-refractivity contribution in [2.45, 2.75) is 40.3 Å². The maximum Gasteiger partial charge on any atom is 0.223 e. The standard InChI is InChI=1S/C11H18N6O/c1-6(2)17-11(10(12)7(3)15-17)13-5-9-14-8(4)18-16-9/h6,13H,5,12H2,1-4H3. The van der Waals surface area contributed by atoms with Crippen LogP contribution in [0.15, 0.2) is 4.52 Å². The molecule has 0 aromatic carbocycles. The van der Waals surface area contributed by atoms with Gasteiger partial charge in [-0.3, -0.25) is 0 Å². The molecule has 0 atom stereocenters. The van der Waals surface area contributed by atoms with Crippen molar-refractivity contribution in [1.29, 1.82) is 0 Å². The number of nitrogen functional groups attached to an aromatic ring is 1. The molecule has 0 radical (unpaired) electrons. The lowest BCUT2D eigenvalue weighted by Crippen LogP contribution is -2.11. The first kappa shape index (κ1) is 12.4. The fourth-order valence-electron chi connectivity index (χ4n) is 1.69. The molecule has 7 heteroatoms. The molecule has 2 aromatic heterocycles. The SMILES string of the molecule is Cc1nc(CNc2c(N)c(C)nn2C(C)C)no1. The van der Waals surface area contributed by atoms with Crippen molar-refractivity contribution in [1.82, 2.24) is 19.9 Å². The van der Waals surface area contributed by atoms with E-state index in [1.165, 1.54) is 0 Å². The minimum atomic E-state index is 0.232. The Labute approximate surface area is 105 Å². The fourth-order valence-corrected chi connectivity index (χ4v) is 1.69. The molecule has 0 fully saturated rings. The third kappa shape index (κ3) is 2.29. The Hall–Kier alpha value is -2.05. The number of nitrogens with one attached hydrogen (secondary N) is 1. The quantitative estimate of drug-likeness (QED) is 0.856. The van der Waals surface area contributed by atoms with E-state index >= 15 is 0 Å². The van der Waals surface area contributed by atoms with Crippen LogP contribution in [0.2, 0.25) is 0 Å². The molecule has 98 valence electrons. The van der Waals surface area contributed by atoms with E-state index in [4.69, 9.17) is 10.3 Å². The molecule has 0 aliphatic rings. The minimum Gasteiger partial charge on any atom is -0.394 e. The zero-order valence-electron chi connectivity index (χ0n) is 11.1. The fraction of sp³-hybridized carbons (Fsp3) is 0.545. The molecule has 3 N–H and O–H groups in total. The van der Waals surface area contributed by atoms with Gasteiger partial charge in [-0.15, -0.1) is 0 Å². The number of nitrogens with two attached hydrogens (primary N) is 1. The molecule has 0 amide bonds. The molecule has 0 aliphatic carbocycles. The Morgan fingerprint density at radius 2 is 2.11 bits per heavy atom. The number of rotatable bonds is 4. The van der Waals surface area contributed by atoms with Gasteiger partial charge in [0.1, 0.15) is 5.82 Å². The number of aryl methyl sites for hydroxylation is 2. The minimum absolute atomic E-state index is 0.232. The highest BCUT2D eigenvalue weighted by molar-refractivity contribution is 5.64. The van der Waals surface area contributed by atoms with E-state index < -0.39 is 0 Å². The van der Waals surface area contributed by atoms with Crippen LogP contribution in [-0.2, 0) is 6.54 Å². The average Bonchev–Trinajstić information content (AvgIpc) is 2.83. The van der Waals surface area contributed by atoms with Gasteiger partial charge in [-0.1, -0.05) is 5.16 Å². The first-order chi connectivity index (χ1) is 8.49. The van der Waals surface area contributed by atoms with Crippen LogP contribution in [0, 0.1) is 13.8 Å². The van der Waals surface area contributed by atoms with Crippen LogP contribution < -0.4 is 11.1 Å². The van der Waals surface area contributed by atoms with Crippen molar-refractivity contribution in [2.75, 3.05) is 11.1 Å². The van der Waals surface area contributed by atoms with Crippen LogP contribution in [0.5, 0.6) is 0 Å². The van der Waals surface area contributed by atoms with E-state index in [1.54, 1.807) is 6.92 Å². The maximum atomic E-state index is 6.00. The topological polar surface area (TPSA) is 94.8 Å². The van der Waals surface area contributed by atoms with E-state index in [1.807, 2.05) is 11.6 Å². The van der Waals surface area contributed by atoms with Gasteiger partial charge in [0.15, 0.2) is 5.82 Å². The lowest BCUT2D eigenvalue weighted by Gasteiger charge is -2.12. The highest BCUT2D eigenvalue weighted by Gasteiger charge is 2.15.